The molecule has 3 nitrogen and oxygen atoms in total. The molecule has 0 radical (unpaired) electrons. The monoisotopic (exact) mass is 309 g/mol. The molecule has 0 unspecified atom stereocenters. The minimum Gasteiger partial charge on any atom is -0.356 e. The molecule has 1 N–H and O–H groups in total. The molecule has 1 aromatic heterocycles. The van der Waals surface area contributed by atoms with Gasteiger partial charge < -0.3 is 10.2 Å². The van der Waals surface area contributed by atoms with Crippen molar-refractivity contribution in [2.24, 2.45) is 5.41 Å². The number of hydrogen-bond acceptors (Lipinski definition) is 3. The van der Waals surface area contributed by atoms with E-state index in [2.05, 4.69) is 49.0 Å². The maximum absolute atomic E-state index is 6.28. The molecule has 1 aliphatic heterocycles. The van der Waals surface area contributed by atoms with Gasteiger partial charge in [0.05, 0.1) is 5.02 Å². The summed E-state index contributed by atoms with van der Waals surface area (Å²) < 4.78 is 0. The van der Waals surface area contributed by atoms with E-state index in [9.17, 15) is 0 Å². The molecule has 21 heavy (non-hydrogen) atoms. The van der Waals surface area contributed by atoms with Gasteiger partial charge in [-0.2, -0.15) is 0 Å². The van der Waals surface area contributed by atoms with Gasteiger partial charge in [-0.05, 0) is 36.3 Å². The van der Waals surface area contributed by atoms with E-state index in [1.807, 2.05) is 0 Å². The van der Waals surface area contributed by atoms with E-state index in [1.165, 1.54) is 19.3 Å². The van der Waals surface area contributed by atoms with Crippen LogP contribution in [-0.2, 0) is 6.54 Å². The number of nitrogens with one attached hydrogen (secondary N) is 1. The molecule has 0 spiro atoms. The first-order valence-electron chi connectivity index (χ1n) is 8.12. The highest BCUT2D eigenvalue weighted by molar-refractivity contribution is 6.31. The summed E-state index contributed by atoms with van der Waals surface area (Å²) in [6.45, 7) is 11.9. The lowest BCUT2D eigenvalue weighted by atomic mass is 9.82. The number of hydrogen-bond donors (Lipinski definition) is 1. The van der Waals surface area contributed by atoms with Crippen LogP contribution in [0.5, 0.6) is 0 Å². The van der Waals surface area contributed by atoms with Gasteiger partial charge in [-0.25, -0.2) is 4.98 Å². The third-order valence-corrected chi connectivity index (χ3v) is 5.22. The third-order valence-electron chi connectivity index (χ3n) is 4.88. The molecule has 2 heterocycles. The van der Waals surface area contributed by atoms with Gasteiger partial charge in [-0.3, -0.25) is 0 Å². The minimum absolute atomic E-state index is 0.456. The summed E-state index contributed by atoms with van der Waals surface area (Å²) in [6, 6.07) is 2.61. The van der Waals surface area contributed by atoms with Crippen molar-refractivity contribution in [2.45, 2.75) is 59.5 Å². The van der Waals surface area contributed by atoms with Crippen molar-refractivity contribution in [1.29, 1.82) is 0 Å². The molecule has 0 atom stereocenters. The Hall–Kier alpha value is -0.800. The van der Waals surface area contributed by atoms with Crippen LogP contribution in [0.4, 0.5) is 5.82 Å². The highest BCUT2D eigenvalue weighted by Crippen LogP contribution is 2.38. The van der Waals surface area contributed by atoms with Crippen molar-refractivity contribution in [1.82, 2.24) is 10.3 Å². The Bertz CT molecular complexity index is 469. The summed E-state index contributed by atoms with van der Waals surface area (Å²) >= 11 is 6.28. The molecular weight excluding hydrogens is 282 g/mol. The average Bonchev–Trinajstić information content (AvgIpc) is 2.91. The van der Waals surface area contributed by atoms with Gasteiger partial charge in [0.25, 0.3) is 0 Å². The molecule has 0 aliphatic carbocycles. The number of anilines is 1. The lowest BCUT2D eigenvalue weighted by Gasteiger charge is -2.27. The molecule has 1 saturated heterocycles. The lowest BCUT2D eigenvalue weighted by molar-refractivity contribution is 0.301. The summed E-state index contributed by atoms with van der Waals surface area (Å²) in [6.07, 6.45) is 5.56. The van der Waals surface area contributed by atoms with Crippen LogP contribution in [0.2, 0.25) is 5.02 Å². The Morgan fingerprint density at radius 1 is 1.38 bits per heavy atom. The maximum atomic E-state index is 6.28. The van der Waals surface area contributed by atoms with Gasteiger partial charge in [0.1, 0.15) is 5.82 Å². The van der Waals surface area contributed by atoms with Gasteiger partial charge in [-0.1, -0.05) is 39.3 Å². The maximum Gasteiger partial charge on any atom is 0.128 e. The van der Waals surface area contributed by atoms with E-state index < -0.39 is 0 Å². The highest BCUT2D eigenvalue weighted by Gasteiger charge is 2.35. The second-order valence-electron chi connectivity index (χ2n) is 6.55. The van der Waals surface area contributed by atoms with Crippen molar-refractivity contribution in [3.8, 4) is 0 Å². The Morgan fingerprint density at radius 3 is 2.67 bits per heavy atom. The Kier molecular flexibility index (Phi) is 5.50. The third kappa shape index (κ3) is 3.89. The smallest absolute Gasteiger partial charge is 0.128 e. The van der Waals surface area contributed by atoms with E-state index in [1.54, 1.807) is 6.20 Å². The summed E-state index contributed by atoms with van der Waals surface area (Å²) in [4.78, 5) is 6.97. The van der Waals surface area contributed by atoms with Crippen molar-refractivity contribution in [2.75, 3.05) is 18.0 Å². The van der Waals surface area contributed by atoms with Gasteiger partial charge in [0.15, 0.2) is 0 Å². The van der Waals surface area contributed by atoms with E-state index >= 15 is 0 Å². The normalized spacial score (nSPS) is 17.7. The summed E-state index contributed by atoms with van der Waals surface area (Å²) in [5, 5.41) is 4.18. The van der Waals surface area contributed by atoms with Gasteiger partial charge in [0.2, 0.25) is 0 Å². The van der Waals surface area contributed by atoms with Crippen molar-refractivity contribution >= 4 is 17.4 Å². The molecule has 0 amide bonds. The number of pyridine rings is 1. The Labute approximate surface area is 134 Å². The van der Waals surface area contributed by atoms with E-state index in [0.717, 1.165) is 36.0 Å². The van der Waals surface area contributed by atoms with Crippen LogP contribution in [0, 0.1) is 5.41 Å². The minimum atomic E-state index is 0.456. The van der Waals surface area contributed by atoms with Crippen LogP contribution in [0.1, 0.15) is 52.5 Å². The quantitative estimate of drug-likeness (QED) is 0.851. The fraction of sp³-hybridized carbons (Fsp3) is 0.706. The fourth-order valence-electron chi connectivity index (χ4n) is 3.05. The first-order valence-corrected chi connectivity index (χ1v) is 8.50. The molecule has 1 aliphatic rings. The van der Waals surface area contributed by atoms with E-state index in [4.69, 9.17) is 11.6 Å². The van der Waals surface area contributed by atoms with Crippen LogP contribution in [0.15, 0.2) is 12.3 Å². The molecule has 118 valence electrons. The molecule has 4 heteroatoms. The SMILES string of the molecule is CCC1(CC)CCN(c2cc(CNC(C)C)c(Cl)cn2)C1. The van der Waals surface area contributed by atoms with Gasteiger partial charge in [0, 0.05) is 31.9 Å². The number of aromatic nitrogens is 1. The zero-order valence-electron chi connectivity index (χ0n) is 13.7. The van der Waals surface area contributed by atoms with Gasteiger partial charge in [-0.15, -0.1) is 0 Å². The van der Waals surface area contributed by atoms with Crippen LogP contribution in [0.3, 0.4) is 0 Å². The Balaban J connectivity index is 2.12. The van der Waals surface area contributed by atoms with Crippen LogP contribution in [-0.4, -0.2) is 24.1 Å². The average molecular weight is 310 g/mol. The van der Waals surface area contributed by atoms with Crippen molar-refractivity contribution in [3.63, 3.8) is 0 Å². The first-order chi connectivity index (χ1) is 9.99. The topological polar surface area (TPSA) is 28.2 Å². The first kappa shape index (κ1) is 16.6. The molecule has 1 fully saturated rings. The summed E-state index contributed by atoms with van der Waals surface area (Å²) in [5.41, 5.74) is 1.61. The molecule has 2 rings (SSSR count). The van der Waals surface area contributed by atoms with E-state index in [-0.39, 0.29) is 0 Å². The fourth-order valence-corrected chi connectivity index (χ4v) is 3.22. The van der Waals surface area contributed by atoms with E-state index in [0.29, 0.717) is 11.5 Å². The number of rotatable bonds is 6. The Morgan fingerprint density at radius 2 is 2.10 bits per heavy atom. The molecule has 0 bridgehead atoms. The zero-order chi connectivity index (χ0) is 15.5. The van der Waals surface area contributed by atoms with Crippen molar-refractivity contribution in [3.05, 3.63) is 22.8 Å². The standard InChI is InChI=1S/C17H28ClN3/c1-5-17(6-2)7-8-21(12-17)16-9-14(10-19-13(3)4)15(18)11-20-16/h9,11,13,19H,5-8,10,12H2,1-4H3. The lowest BCUT2D eigenvalue weighted by Crippen LogP contribution is -2.27. The predicted octanol–water partition coefficient (Wildman–Crippen LogP) is 4.25. The molecular formula is C17H28ClN3. The second kappa shape index (κ2) is 6.97. The van der Waals surface area contributed by atoms with Gasteiger partial charge >= 0.3 is 0 Å². The largest absolute Gasteiger partial charge is 0.356 e. The second-order valence-corrected chi connectivity index (χ2v) is 6.96. The molecule has 0 aromatic carbocycles. The molecule has 1 aromatic rings. The summed E-state index contributed by atoms with van der Waals surface area (Å²) in [5.74, 6) is 1.07. The number of halogens is 1. The molecule has 0 saturated carbocycles. The highest BCUT2D eigenvalue weighted by atomic mass is 35.5. The summed E-state index contributed by atoms with van der Waals surface area (Å²) in [7, 11) is 0. The number of nitrogens with zero attached hydrogens (tertiary/aromatic N) is 2. The van der Waals surface area contributed by atoms with Crippen LogP contribution < -0.4 is 10.2 Å². The van der Waals surface area contributed by atoms with Crippen LogP contribution in [0.25, 0.3) is 0 Å². The predicted molar refractivity (Wildman–Crippen MR) is 91.1 cm³/mol. The zero-order valence-corrected chi connectivity index (χ0v) is 14.5. The van der Waals surface area contributed by atoms with Crippen LogP contribution >= 0.6 is 11.6 Å². The van der Waals surface area contributed by atoms with Crippen molar-refractivity contribution < 1.29 is 0 Å².